The van der Waals surface area contributed by atoms with Crippen LogP contribution >= 0.6 is 0 Å². The van der Waals surface area contributed by atoms with Gasteiger partial charge in [0.25, 0.3) is 5.91 Å². The molecule has 1 heterocycles. The predicted molar refractivity (Wildman–Crippen MR) is 71.9 cm³/mol. The van der Waals surface area contributed by atoms with Gasteiger partial charge in [-0.25, -0.2) is 0 Å². The van der Waals surface area contributed by atoms with Gasteiger partial charge in [0.2, 0.25) is 0 Å². The van der Waals surface area contributed by atoms with Gasteiger partial charge in [0.15, 0.2) is 6.61 Å². The summed E-state index contributed by atoms with van der Waals surface area (Å²) in [4.78, 5) is 13.2. The topological polar surface area (TPSA) is 55.6 Å². The van der Waals surface area contributed by atoms with Crippen LogP contribution in [-0.4, -0.2) is 26.1 Å². The third kappa shape index (κ3) is 2.48. The molecule has 1 aromatic carbocycles. The van der Waals surface area contributed by atoms with Crippen LogP contribution in [0.25, 0.3) is 0 Å². The SMILES string of the molecule is CCC(CN)Cc1ccc2c(c1)N(C)C(=O)CO2. The number of anilines is 1. The Labute approximate surface area is 108 Å². The first-order chi connectivity index (χ1) is 8.65. The third-order valence-electron chi connectivity index (χ3n) is 3.55. The Bertz CT molecular complexity index is 441. The van der Waals surface area contributed by atoms with E-state index in [9.17, 15) is 4.79 Å². The molecule has 2 rings (SSSR count). The molecule has 0 saturated heterocycles. The van der Waals surface area contributed by atoms with E-state index in [0.29, 0.717) is 12.5 Å². The zero-order valence-electron chi connectivity index (χ0n) is 11.0. The number of nitrogens with two attached hydrogens (primary N) is 1. The predicted octanol–water partition coefficient (Wildman–Crippen LogP) is 1.57. The molecular formula is C14H20N2O2. The number of likely N-dealkylation sites (N-methyl/N-ethyl adjacent to an activating group) is 1. The Morgan fingerprint density at radius 2 is 2.28 bits per heavy atom. The van der Waals surface area contributed by atoms with Gasteiger partial charge in [-0.15, -0.1) is 0 Å². The van der Waals surface area contributed by atoms with Crippen molar-refractivity contribution in [2.45, 2.75) is 19.8 Å². The fourth-order valence-corrected chi connectivity index (χ4v) is 2.17. The third-order valence-corrected chi connectivity index (χ3v) is 3.55. The molecule has 2 N–H and O–H groups in total. The number of nitrogens with zero attached hydrogens (tertiary/aromatic N) is 1. The largest absolute Gasteiger partial charge is 0.482 e. The first kappa shape index (κ1) is 12.9. The van der Waals surface area contributed by atoms with Crippen LogP contribution in [0.4, 0.5) is 5.69 Å². The van der Waals surface area contributed by atoms with Gasteiger partial charge in [-0.1, -0.05) is 19.4 Å². The van der Waals surface area contributed by atoms with Crippen LogP contribution in [0.15, 0.2) is 18.2 Å². The van der Waals surface area contributed by atoms with Crippen molar-refractivity contribution in [2.75, 3.05) is 25.1 Å². The van der Waals surface area contributed by atoms with Gasteiger partial charge in [0, 0.05) is 7.05 Å². The minimum atomic E-state index is -0.00878. The van der Waals surface area contributed by atoms with Crippen LogP contribution in [0.2, 0.25) is 0 Å². The molecule has 0 spiro atoms. The van der Waals surface area contributed by atoms with Crippen LogP contribution in [0, 0.1) is 5.92 Å². The maximum atomic E-state index is 11.6. The maximum Gasteiger partial charge on any atom is 0.264 e. The summed E-state index contributed by atoms with van der Waals surface area (Å²) in [7, 11) is 1.79. The highest BCUT2D eigenvalue weighted by Gasteiger charge is 2.22. The fourth-order valence-electron chi connectivity index (χ4n) is 2.17. The highest BCUT2D eigenvalue weighted by atomic mass is 16.5. The van der Waals surface area contributed by atoms with E-state index >= 15 is 0 Å². The average Bonchev–Trinajstić information content (AvgIpc) is 2.40. The molecule has 1 aromatic rings. The Morgan fingerprint density at radius 1 is 1.50 bits per heavy atom. The lowest BCUT2D eigenvalue weighted by Gasteiger charge is -2.26. The second-order valence-electron chi connectivity index (χ2n) is 4.76. The zero-order valence-corrected chi connectivity index (χ0v) is 11.0. The molecule has 0 fully saturated rings. The molecule has 0 radical (unpaired) electrons. The average molecular weight is 248 g/mol. The van der Waals surface area contributed by atoms with E-state index in [1.54, 1.807) is 11.9 Å². The molecule has 1 aliphatic rings. The molecule has 0 bridgehead atoms. The van der Waals surface area contributed by atoms with Crippen molar-refractivity contribution in [3.63, 3.8) is 0 Å². The minimum absolute atomic E-state index is 0.00878. The monoisotopic (exact) mass is 248 g/mol. The molecule has 1 amide bonds. The molecule has 0 aromatic heterocycles. The summed E-state index contributed by atoms with van der Waals surface area (Å²) in [5.41, 5.74) is 7.79. The number of carbonyl (C=O) groups is 1. The summed E-state index contributed by atoms with van der Waals surface area (Å²) < 4.78 is 5.40. The Balaban J connectivity index is 2.23. The second kappa shape index (κ2) is 5.40. The number of hydrogen-bond acceptors (Lipinski definition) is 3. The van der Waals surface area contributed by atoms with Crippen LogP contribution in [0.1, 0.15) is 18.9 Å². The van der Waals surface area contributed by atoms with E-state index < -0.39 is 0 Å². The minimum Gasteiger partial charge on any atom is -0.482 e. The molecule has 1 atom stereocenters. The lowest BCUT2D eigenvalue weighted by Crippen LogP contribution is -2.35. The van der Waals surface area contributed by atoms with E-state index in [1.165, 1.54) is 5.56 Å². The summed E-state index contributed by atoms with van der Waals surface area (Å²) in [6.07, 6.45) is 2.02. The van der Waals surface area contributed by atoms with E-state index in [1.807, 2.05) is 12.1 Å². The fraction of sp³-hybridized carbons (Fsp3) is 0.500. The van der Waals surface area contributed by atoms with Crippen molar-refractivity contribution in [1.82, 2.24) is 0 Å². The van der Waals surface area contributed by atoms with E-state index in [0.717, 1.165) is 24.3 Å². The van der Waals surface area contributed by atoms with Crippen LogP contribution in [0.5, 0.6) is 5.75 Å². The summed E-state index contributed by atoms with van der Waals surface area (Å²) in [5, 5.41) is 0. The summed E-state index contributed by atoms with van der Waals surface area (Å²) in [6.45, 7) is 2.97. The number of amides is 1. The van der Waals surface area contributed by atoms with Crippen molar-refractivity contribution in [1.29, 1.82) is 0 Å². The van der Waals surface area contributed by atoms with Crippen LogP contribution in [0.3, 0.4) is 0 Å². The van der Waals surface area contributed by atoms with E-state index in [2.05, 4.69) is 13.0 Å². The highest BCUT2D eigenvalue weighted by Crippen LogP contribution is 2.32. The summed E-state index contributed by atoms with van der Waals surface area (Å²) in [6, 6.07) is 6.03. The second-order valence-corrected chi connectivity index (χ2v) is 4.76. The Morgan fingerprint density at radius 3 is 2.94 bits per heavy atom. The van der Waals surface area contributed by atoms with E-state index in [4.69, 9.17) is 10.5 Å². The summed E-state index contributed by atoms with van der Waals surface area (Å²) in [5.74, 6) is 1.26. The number of ether oxygens (including phenoxy) is 1. The molecule has 98 valence electrons. The number of fused-ring (bicyclic) bond motifs is 1. The molecule has 1 aliphatic heterocycles. The van der Waals surface area contributed by atoms with Crippen molar-refractivity contribution >= 4 is 11.6 Å². The first-order valence-electron chi connectivity index (χ1n) is 6.38. The lowest BCUT2D eigenvalue weighted by atomic mass is 9.96. The Kier molecular flexibility index (Phi) is 3.87. The molecule has 1 unspecified atom stereocenters. The Hall–Kier alpha value is -1.55. The highest BCUT2D eigenvalue weighted by molar-refractivity contribution is 5.97. The van der Waals surface area contributed by atoms with Crippen LogP contribution in [-0.2, 0) is 11.2 Å². The molecule has 4 heteroatoms. The number of rotatable bonds is 4. The van der Waals surface area contributed by atoms with Gasteiger partial charge in [0.05, 0.1) is 5.69 Å². The van der Waals surface area contributed by atoms with E-state index in [-0.39, 0.29) is 12.5 Å². The number of carbonyl (C=O) groups excluding carboxylic acids is 1. The van der Waals surface area contributed by atoms with Gasteiger partial charge in [-0.3, -0.25) is 4.79 Å². The molecule has 0 saturated carbocycles. The lowest BCUT2D eigenvalue weighted by molar-refractivity contribution is -0.120. The molecule has 18 heavy (non-hydrogen) atoms. The van der Waals surface area contributed by atoms with Gasteiger partial charge >= 0.3 is 0 Å². The molecule has 4 nitrogen and oxygen atoms in total. The number of benzene rings is 1. The van der Waals surface area contributed by atoms with Gasteiger partial charge in [-0.05, 0) is 36.6 Å². The standard InChI is InChI=1S/C14H20N2O2/c1-3-10(8-15)6-11-4-5-13-12(7-11)16(2)14(17)9-18-13/h4-5,7,10H,3,6,8-9,15H2,1-2H3. The van der Waals surface area contributed by atoms with Crippen molar-refractivity contribution < 1.29 is 9.53 Å². The smallest absolute Gasteiger partial charge is 0.264 e. The van der Waals surface area contributed by atoms with Crippen molar-refractivity contribution in [3.8, 4) is 5.75 Å². The zero-order chi connectivity index (χ0) is 13.1. The first-order valence-corrected chi connectivity index (χ1v) is 6.38. The molecule has 0 aliphatic carbocycles. The number of hydrogen-bond donors (Lipinski definition) is 1. The van der Waals surface area contributed by atoms with Gasteiger partial charge < -0.3 is 15.4 Å². The van der Waals surface area contributed by atoms with Crippen molar-refractivity contribution in [2.24, 2.45) is 11.7 Å². The molecular weight excluding hydrogens is 228 g/mol. The normalized spacial score (nSPS) is 16.2. The summed E-state index contributed by atoms with van der Waals surface area (Å²) >= 11 is 0. The maximum absolute atomic E-state index is 11.6. The van der Waals surface area contributed by atoms with Gasteiger partial charge in [-0.2, -0.15) is 0 Å². The van der Waals surface area contributed by atoms with Gasteiger partial charge in [0.1, 0.15) is 5.75 Å². The van der Waals surface area contributed by atoms with Crippen LogP contribution < -0.4 is 15.4 Å². The quantitative estimate of drug-likeness (QED) is 0.880. The van der Waals surface area contributed by atoms with Crippen molar-refractivity contribution in [3.05, 3.63) is 23.8 Å².